The average molecular weight is 604 g/mol. The van der Waals surface area contributed by atoms with Crippen molar-refractivity contribution in [1.82, 2.24) is 10.2 Å². The van der Waals surface area contributed by atoms with Gasteiger partial charge in [0.05, 0.1) is 12.3 Å². The Morgan fingerprint density at radius 1 is 1.00 bits per heavy atom. The van der Waals surface area contributed by atoms with Gasteiger partial charge in [0.25, 0.3) is 0 Å². The van der Waals surface area contributed by atoms with Gasteiger partial charge in [0, 0.05) is 24.8 Å². The van der Waals surface area contributed by atoms with Crippen LogP contribution in [0.15, 0.2) is 30.3 Å². The predicted molar refractivity (Wildman–Crippen MR) is 147 cm³/mol. The summed E-state index contributed by atoms with van der Waals surface area (Å²) >= 11 is 0. The number of halogens is 3. The number of nitrogens with zero attached hydrogens (tertiary/aromatic N) is 1. The molecule has 3 amide bonds. The predicted octanol–water partition coefficient (Wildman–Crippen LogP) is 3.41. The number of esters is 1. The first kappa shape index (κ1) is 31.5. The maximum absolute atomic E-state index is 14.2. The Labute approximate surface area is 245 Å². The fraction of sp³-hybridized carbons (Fsp3) is 0.433. The van der Waals surface area contributed by atoms with Crippen molar-refractivity contribution in [2.75, 3.05) is 25.0 Å². The second kappa shape index (κ2) is 12.8. The molecule has 2 aromatic rings. The normalized spacial score (nSPS) is 19.4. The molecule has 2 aromatic carbocycles. The molecule has 0 aliphatic carbocycles. The maximum Gasteiger partial charge on any atom is 0.313 e. The third-order valence-electron chi connectivity index (χ3n) is 7.24. The summed E-state index contributed by atoms with van der Waals surface area (Å²) in [4.78, 5) is 65.9. The molecule has 0 aromatic heterocycles. The van der Waals surface area contributed by atoms with E-state index in [1.165, 1.54) is 4.90 Å². The molecule has 2 aliphatic rings. The van der Waals surface area contributed by atoms with E-state index in [4.69, 9.17) is 9.47 Å². The van der Waals surface area contributed by atoms with Gasteiger partial charge in [-0.25, -0.2) is 8.78 Å². The van der Waals surface area contributed by atoms with Crippen molar-refractivity contribution in [3.05, 3.63) is 53.3 Å². The van der Waals surface area contributed by atoms with Gasteiger partial charge >= 0.3 is 17.8 Å². The van der Waals surface area contributed by atoms with Gasteiger partial charge in [-0.05, 0) is 29.9 Å². The van der Waals surface area contributed by atoms with Crippen LogP contribution in [0.4, 0.5) is 18.9 Å². The number of ether oxygens (including phenoxy) is 2. The largest absolute Gasteiger partial charge is 0.479 e. The number of carbonyl (C=O) groups is 5. The number of carbonyl (C=O) groups excluding carboxylic acids is 5. The Bertz CT molecular complexity index is 1460. The van der Waals surface area contributed by atoms with E-state index in [-0.39, 0.29) is 24.6 Å². The molecule has 1 saturated heterocycles. The number of hydrogen-bond acceptors (Lipinski definition) is 7. The fourth-order valence-corrected chi connectivity index (χ4v) is 4.99. The van der Waals surface area contributed by atoms with Crippen LogP contribution in [0.2, 0.25) is 0 Å². The number of fused-ring (bicyclic) bond motifs is 1. The Morgan fingerprint density at radius 2 is 1.72 bits per heavy atom. The molecule has 0 bridgehead atoms. The third kappa shape index (κ3) is 7.33. The zero-order chi connectivity index (χ0) is 31.5. The summed E-state index contributed by atoms with van der Waals surface area (Å²) < 4.78 is 51.8. The highest BCUT2D eigenvalue weighted by atomic mass is 19.2. The van der Waals surface area contributed by atoms with Gasteiger partial charge in [-0.3, -0.25) is 24.0 Å². The number of Topliss-reactive ketones (excluding diaryl/α,β-unsaturated/α-hetero) is 1. The Kier molecular flexibility index (Phi) is 9.41. The SMILES string of the molecule is CC(C)(C)c1ccccc1NC(=O)C(=O)N1CCCCC(C(=O)NC2CC(=O)Oc3c(F)cc(F)c(F)c3OCC2=O)C1. The van der Waals surface area contributed by atoms with E-state index in [9.17, 15) is 37.1 Å². The number of ketones is 1. The van der Waals surface area contributed by atoms with Crippen molar-refractivity contribution in [2.45, 2.75) is 57.9 Å². The van der Waals surface area contributed by atoms with Crippen LogP contribution in [-0.4, -0.2) is 60.1 Å². The molecule has 230 valence electrons. The van der Waals surface area contributed by atoms with Crippen LogP contribution in [0.5, 0.6) is 11.5 Å². The zero-order valence-electron chi connectivity index (χ0n) is 23.9. The van der Waals surface area contributed by atoms with E-state index in [2.05, 4.69) is 10.6 Å². The summed E-state index contributed by atoms with van der Waals surface area (Å²) in [6.45, 7) is 5.11. The van der Waals surface area contributed by atoms with Crippen molar-refractivity contribution in [3.63, 3.8) is 0 Å². The van der Waals surface area contributed by atoms with Gasteiger partial charge < -0.3 is 25.0 Å². The first-order valence-electron chi connectivity index (χ1n) is 13.8. The third-order valence-corrected chi connectivity index (χ3v) is 7.24. The van der Waals surface area contributed by atoms with E-state index in [1.54, 1.807) is 12.1 Å². The second-order valence-corrected chi connectivity index (χ2v) is 11.5. The Hall–Kier alpha value is -4.42. The minimum Gasteiger partial charge on any atom is -0.479 e. The van der Waals surface area contributed by atoms with Crippen molar-refractivity contribution in [2.24, 2.45) is 5.92 Å². The summed E-state index contributed by atoms with van der Waals surface area (Å²) in [6, 6.07) is 5.81. The molecule has 0 saturated carbocycles. The first-order valence-corrected chi connectivity index (χ1v) is 13.8. The molecule has 2 heterocycles. The summed E-state index contributed by atoms with van der Waals surface area (Å²) in [7, 11) is 0. The average Bonchev–Trinajstić information content (AvgIpc) is 3.18. The monoisotopic (exact) mass is 603 g/mol. The van der Waals surface area contributed by atoms with E-state index >= 15 is 0 Å². The summed E-state index contributed by atoms with van der Waals surface area (Å²) in [6.07, 6.45) is 0.652. The highest BCUT2D eigenvalue weighted by Crippen LogP contribution is 2.36. The van der Waals surface area contributed by atoms with Gasteiger partial charge in [-0.1, -0.05) is 45.4 Å². The summed E-state index contributed by atoms with van der Waals surface area (Å²) in [5.41, 5.74) is 1.03. The summed E-state index contributed by atoms with van der Waals surface area (Å²) in [5.74, 6) is -12.0. The molecular formula is C30H32F3N3O7. The summed E-state index contributed by atoms with van der Waals surface area (Å²) in [5, 5.41) is 5.12. The molecule has 0 spiro atoms. The van der Waals surface area contributed by atoms with E-state index < -0.39 is 83.4 Å². The van der Waals surface area contributed by atoms with Crippen LogP contribution in [0.3, 0.4) is 0 Å². The number of nitrogens with one attached hydrogen (secondary N) is 2. The van der Waals surface area contributed by atoms with Crippen molar-refractivity contribution >= 4 is 35.2 Å². The molecule has 10 nitrogen and oxygen atoms in total. The molecule has 2 N–H and O–H groups in total. The topological polar surface area (TPSA) is 131 Å². The highest BCUT2D eigenvalue weighted by molar-refractivity contribution is 6.39. The lowest BCUT2D eigenvalue weighted by Crippen LogP contribution is -2.49. The van der Waals surface area contributed by atoms with Crippen LogP contribution >= 0.6 is 0 Å². The molecule has 13 heteroatoms. The number of hydrogen-bond donors (Lipinski definition) is 2. The quantitative estimate of drug-likeness (QED) is 0.238. The van der Waals surface area contributed by atoms with Gasteiger partial charge in [0.15, 0.2) is 17.4 Å². The van der Waals surface area contributed by atoms with Crippen LogP contribution in [0.25, 0.3) is 0 Å². The number of benzene rings is 2. The van der Waals surface area contributed by atoms with Gasteiger partial charge in [-0.2, -0.15) is 4.39 Å². The Balaban J connectivity index is 1.44. The molecule has 4 rings (SSSR count). The lowest BCUT2D eigenvalue weighted by Gasteiger charge is -2.26. The smallest absolute Gasteiger partial charge is 0.313 e. The van der Waals surface area contributed by atoms with Crippen LogP contribution in [-0.2, 0) is 29.4 Å². The molecule has 43 heavy (non-hydrogen) atoms. The van der Waals surface area contributed by atoms with E-state index in [1.807, 2.05) is 32.9 Å². The second-order valence-electron chi connectivity index (χ2n) is 11.5. The lowest BCUT2D eigenvalue weighted by atomic mass is 9.86. The number of anilines is 1. The first-order chi connectivity index (χ1) is 20.3. The molecular weight excluding hydrogens is 571 g/mol. The Morgan fingerprint density at radius 3 is 2.44 bits per heavy atom. The molecule has 1 fully saturated rings. The fourth-order valence-electron chi connectivity index (χ4n) is 4.99. The minimum atomic E-state index is -1.64. The van der Waals surface area contributed by atoms with Gasteiger partial charge in [0.2, 0.25) is 23.2 Å². The van der Waals surface area contributed by atoms with E-state index in [0.717, 1.165) is 5.56 Å². The van der Waals surface area contributed by atoms with E-state index in [0.29, 0.717) is 24.9 Å². The highest BCUT2D eigenvalue weighted by Gasteiger charge is 2.35. The van der Waals surface area contributed by atoms with Crippen LogP contribution in [0, 0.1) is 23.4 Å². The number of amides is 3. The molecule has 2 aliphatic heterocycles. The van der Waals surface area contributed by atoms with Gasteiger partial charge in [0.1, 0.15) is 12.6 Å². The van der Waals surface area contributed by atoms with Gasteiger partial charge in [-0.15, -0.1) is 0 Å². The van der Waals surface area contributed by atoms with Crippen molar-refractivity contribution in [1.29, 1.82) is 0 Å². The standard InChI is InChI=1S/C30H32F3N3O7/c1-30(2,3)17-9-4-5-10-20(17)34-28(40)29(41)36-11-7-6-8-16(14-36)27(39)35-21-13-23(38)43-25-19(32)12-18(31)24(33)26(25)42-15-22(21)37/h4-5,9-10,12,16,21H,6-8,11,13-15H2,1-3H3,(H,34,40)(H,35,39). The minimum absolute atomic E-state index is 0.123. The van der Waals surface area contributed by atoms with Crippen LogP contribution in [0.1, 0.15) is 52.0 Å². The number of likely N-dealkylation sites (tertiary alicyclic amines) is 1. The van der Waals surface area contributed by atoms with Crippen LogP contribution < -0.4 is 20.1 Å². The molecule has 2 atom stereocenters. The van der Waals surface area contributed by atoms with Crippen molar-refractivity contribution < 1.29 is 46.6 Å². The van der Waals surface area contributed by atoms with Crippen molar-refractivity contribution in [3.8, 4) is 11.5 Å². The maximum atomic E-state index is 14.2. The number of para-hydroxylation sites is 1. The molecule has 0 radical (unpaired) electrons. The lowest BCUT2D eigenvalue weighted by molar-refractivity contribution is -0.144. The molecule has 2 unspecified atom stereocenters. The number of rotatable bonds is 3. The zero-order valence-corrected chi connectivity index (χ0v) is 23.9.